The van der Waals surface area contributed by atoms with E-state index in [4.69, 9.17) is 42.8 Å². The van der Waals surface area contributed by atoms with Crippen molar-refractivity contribution in [2.24, 2.45) is 5.73 Å². The molecule has 31 heavy (non-hydrogen) atoms. The van der Waals surface area contributed by atoms with E-state index < -0.39 is 35.6 Å². The first-order chi connectivity index (χ1) is 14.4. The summed E-state index contributed by atoms with van der Waals surface area (Å²) in [7, 11) is 0. The van der Waals surface area contributed by atoms with Gasteiger partial charge in [0.25, 0.3) is 0 Å². The van der Waals surface area contributed by atoms with Crippen LogP contribution in [-0.2, 0) is 19.1 Å². The number of carbonyl (C=O) groups excluding carboxylic acids is 2. The van der Waals surface area contributed by atoms with Crippen LogP contribution in [-0.4, -0.2) is 39.8 Å². The van der Waals surface area contributed by atoms with Crippen molar-refractivity contribution in [2.45, 2.75) is 44.4 Å². The summed E-state index contributed by atoms with van der Waals surface area (Å²) in [4.78, 5) is 29.4. The number of halogens is 2. The molecule has 8 nitrogen and oxygen atoms in total. The van der Waals surface area contributed by atoms with E-state index in [1.165, 1.54) is 12.3 Å². The molecule has 2 aromatic rings. The molecule has 1 heterocycles. The van der Waals surface area contributed by atoms with E-state index in [1.54, 1.807) is 39.0 Å². The van der Waals surface area contributed by atoms with Gasteiger partial charge in [-0.3, -0.25) is 0 Å². The van der Waals surface area contributed by atoms with Crippen LogP contribution in [0.5, 0.6) is 0 Å². The standard InChI is InChI=1S/C21H24Cl2N2O6/c1-5-9-29-18(27)21(24,19(28)31-20(2,3)4)10-15(26)17-25-14(11-30-17)16-12(22)7-6-8-13(16)23/h5-8,11,15,26H,1,9-10,24H2,2-4H3/t15?,21-/m0/s1. The number of aliphatic hydroxyl groups excluding tert-OH is 1. The summed E-state index contributed by atoms with van der Waals surface area (Å²) in [6, 6.07) is 4.91. The predicted molar refractivity (Wildman–Crippen MR) is 115 cm³/mol. The monoisotopic (exact) mass is 470 g/mol. The van der Waals surface area contributed by atoms with Crippen molar-refractivity contribution in [1.29, 1.82) is 0 Å². The zero-order chi connectivity index (χ0) is 23.4. The summed E-state index contributed by atoms with van der Waals surface area (Å²) < 4.78 is 15.5. The molecule has 168 valence electrons. The van der Waals surface area contributed by atoms with Gasteiger partial charge in [0.05, 0.1) is 10.0 Å². The average Bonchev–Trinajstić information content (AvgIpc) is 3.14. The minimum Gasteiger partial charge on any atom is -0.460 e. The smallest absolute Gasteiger partial charge is 0.338 e. The van der Waals surface area contributed by atoms with Crippen LogP contribution in [0.1, 0.15) is 39.2 Å². The highest BCUT2D eigenvalue weighted by Crippen LogP contribution is 2.35. The highest BCUT2D eigenvalue weighted by molar-refractivity contribution is 6.39. The fourth-order valence-electron chi connectivity index (χ4n) is 2.57. The van der Waals surface area contributed by atoms with Crippen molar-refractivity contribution in [3.63, 3.8) is 0 Å². The number of nitrogens with two attached hydrogens (primary N) is 1. The number of aromatic nitrogens is 1. The van der Waals surface area contributed by atoms with E-state index in [9.17, 15) is 14.7 Å². The van der Waals surface area contributed by atoms with Gasteiger partial charge in [0.2, 0.25) is 11.4 Å². The lowest BCUT2D eigenvalue weighted by molar-refractivity contribution is -0.173. The molecule has 0 aliphatic carbocycles. The van der Waals surface area contributed by atoms with Crippen LogP contribution in [0.15, 0.2) is 41.5 Å². The average molecular weight is 471 g/mol. The number of rotatable bonds is 8. The number of esters is 2. The molecule has 2 atom stereocenters. The maximum atomic E-state index is 12.7. The molecule has 0 aliphatic heterocycles. The molecule has 0 bridgehead atoms. The normalized spacial score (nSPS) is 14.4. The third-order valence-corrected chi connectivity index (χ3v) is 4.63. The maximum absolute atomic E-state index is 12.7. The Morgan fingerprint density at radius 1 is 1.29 bits per heavy atom. The quantitative estimate of drug-likeness (QED) is 0.338. The van der Waals surface area contributed by atoms with Crippen molar-refractivity contribution in [1.82, 2.24) is 4.98 Å². The number of benzene rings is 1. The second-order valence-electron chi connectivity index (χ2n) is 7.75. The third-order valence-electron chi connectivity index (χ3n) is 4.00. The van der Waals surface area contributed by atoms with Gasteiger partial charge in [-0.1, -0.05) is 41.9 Å². The first-order valence-corrected chi connectivity index (χ1v) is 10.0. The fraction of sp³-hybridized carbons (Fsp3) is 0.381. The second kappa shape index (κ2) is 9.82. The minimum atomic E-state index is -2.31. The van der Waals surface area contributed by atoms with Crippen LogP contribution in [0.25, 0.3) is 11.3 Å². The molecule has 0 fully saturated rings. The van der Waals surface area contributed by atoms with Gasteiger partial charge in [-0.05, 0) is 32.9 Å². The fourth-order valence-corrected chi connectivity index (χ4v) is 3.16. The maximum Gasteiger partial charge on any atom is 0.338 e. The molecule has 0 aliphatic rings. The molecule has 1 unspecified atom stereocenters. The van der Waals surface area contributed by atoms with Crippen molar-refractivity contribution >= 4 is 35.1 Å². The van der Waals surface area contributed by atoms with E-state index in [2.05, 4.69) is 11.6 Å². The Balaban J connectivity index is 2.32. The summed E-state index contributed by atoms with van der Waals surface area (Å²) in [5.41, 5.74) is 3.51. The Labute approximate surface area is 189 Å². The minimum absolute atomic E-state index is 0.176. The van der Waals surface area contributed by atoms with Gasteiger partial charge in [-0.15, -0.1) is 0 Å². The van der Waals surface area contributed by atoms with Gasteiger partial charge in [-0.25, -0.2) is 14.6 Å². The number of hydrogen-bond donors (Lipinski definition) is 2. The molecule has 0 amide bonds. The molecular formula is C21H24Cl2N2O6. The molecule has 0 saturated heterocycles. The number of oxazole rings is 1. The summed E-state index contributed by atoms with van der Waals surface area (Å²) in [6.07, 6.45) is 0.419. The Kier molecular flexibility index (Phi) is 7.88. The number of hydrogen-bond acceptors (Lipinski definition) is 8. The van der Waals surface area contributed by atoms with E-state index in [-0.39, 0.29) is 18.2 Å². The first-order valence-electron chi connectivity index (χ1n) is 9.27. The Hall–Kier alpha value is -2.39. The Morgan fingerprint density at radius 2 is 1.90 bits per heavy atom. The van der Waals surface area contributed by atoms with E-state index in [0.717, 1.165) is 0 Å². The van der Waals surface area contributed by atoms with Gasteiger partial charge < -0.3 is 24.7 Å². The predicted octanol–water partition coefficient (Wildman–Crippen LogP) is 3.84. The highest BCUT2D eigenvalue weighted by atomic mass is 35.5. The van der Waals surface area contributed by atoms with Crippen molar-refractivity contribution < 1.29 is 28.6 Å². The largest absolute Gasteiger partial charge is 0.460 e. The molecule has 0 saturated carbocycles. The van der Waals surface area contributed by atoms with E-state index in [0.29, 0.717) is 15.6 Å². The molecule has 10 heteroatoms. The third kappa shape index (κ3) is 6.07. The number of nitrogens with zero attached hydrogens (tertiary/aromatic N) is 1. The lowest BCUT2D eigenvalue weighted by Crippen LogP contribution is -2.58. The molecule has 0 spiro atoms. The van der Waals surface area contributed by atoms with Crippen LogP contribution < -0.4 is 5.73 Å². The topological polar surface area (TPSA) is 125 Å². The SMILES string of the molecule is C=CCOC(=O)[C@@](N)(CC(O)c1nc(-c2c(Cl)cccc2Cl)co1)C(=O)OC(C)(C)C. The summed E-state index contributed by atoms with van der Waals surface area (Å²) >= 11 is 12.3. The van der Waals surface area contributed by atoms with Crippen molar-refractivity contribution in [2.75, 3.05) is 6.61 Å². The zero-order valence-corrected chi connectivity index (χ0v) is 18.9. The lowest BCUT2D eigenvalue weighted by Gasteiger charge is -2.30. The van der Waals surface area contributed by atoms with Gasteiger partial charge in [0, 0.05) is 12.0 Å². The molecule has 2 rings (SSSR count). The van der Waals surface area contributed by atoms with Crippen LogP contribution in [0.3, 0.4) is 0 Å². The van der Waals surface area contributed by atoms with Crippen molar-refractivity contribution in [3.8, 4) is 11.3 Å². The van der Waals surface area contributed by atoms with Gasteiger partial charge >= 0.3 is 11.9 Å². The van der Waals surface area contributed by atoms with Gasteiger partial charge in [-0.2, -0.15) is 0 Å². The molecular weight excluding hydrogens is 447 g/mol. The van der Waals surface area contributed by atoms with Crippen molar-refractivity contribution in [3.05, 3.63) is 53.1 Å². The van der Waals surface area contributed by atoms with Crippen LogP contribution in [0, 0.1) is 0 Å². The first kappa shape index (κ1) is 24.9. The number of ether oxygens (including phenoxy) is 2. The summed E-state index contributed by atoms with van der Waals surface area (Å²) in [6.45, 7) is 8.11. The Morgan fingerprint density at radius 3 is 2.45 bits per heavy atom. The summed E-state index contributed by atoms with van der Waals surface area (Å²) in [5.74, 6) is -2.34. The molecule has 0 radical (unpaired) electrons. The number of aliphatic hydroxyl groups is 1. The van der Waals surface area contributed by atoms with Crippen LogP contribution in [0.2, 0.25) is 10.0 Å². The highest BCUT2D eigenvalue weighted by Gasteiger charge is 2.49. The van der Waals surface area contributed by atoms with E-state index in [1.807, 2.05) is 0 Å². The van der Waals surface area contributed by atoms with Crippen LogP contribution in [0.4, 0.5) is 0 Å². The molecule has 1 aromatic heterocycles. The van der Waals surface area contributed by atoms with Gasteiger partial charge in [0.1, 0.15) is 30.3 Å². The number of carbonyl (C=O) groups is 2. The Bertz CT molecular complexity index is 949. The van der Waals surface area contributed by atoms with E-state index >= 15 is 0 Å². The van der Waals surface area contributed by atoms with Crippen LogP contribution >= 0.6 is 23.2 Å². The summed E-state index contributed by atoms with van der Waals surface area (Å²) in [5, 5.41) is 11.3. The second-order valence-corrected chi connectivity index (χ2v) is 8.56. The molecule has 1 aromatic carbocycles. The van der Waals surface area contributed by atoms with Gasteiger partial charge in [0.15, 0.2) is 0 Å². The molecule has 3 N–H and O–H groups in total. The lowest BCUT2D eigenvalue weighted by atomic mass is 9.92. The zero-order valence-electron chi connectivity index (χ0n) is 17.4.